The first kappa shape index (κ1) is 13.0. The van der Waals surface area contributed by atoms with E-state index < -0.39 is 17.5 Å². The van der Waals surface area contributed by atoms with Gasteiger partial charge in [-0.25, -0.2) is 9.59 Å². The SMILES string of the molecule is CC(C)(NC(=O)NCc1ccncc1)C(=O)O. The number of nitrogens with one attached hydrogen (secondary N) is 2. The molecule has 6 heteroatoms. The number of rotatable bonds is 4. The minimum absolute atomic E-state index is 0.323. The van der Waals surface area contributed by atoms with Crippen LogP contribution in [0, 0.1) is 0 Å². The number of carbonyl (C=O) groups excluding carboxylic acids is 1. The van der Waals surface area contributed by atoms with Crippen molar-refractivity contribution in [2.24, 2.45) is 0 Å². The average Bonchev–Trinajstić information content (AvgIpc) is 2.27. The van der Waals surface area contributed by atoms with Crippen molar-refractivity contribution in [3.05, 3.63) is 30.1 Å². The van der Waals surface area contributed by atoms with Crippen molar-refractivity contribution in [2.75, 3.05) is 0 Å². The van der Waals surface area contributed by atoms with Gasteiger partial charge in [-0.2, -0.15) is 0 Å². The molecule has 17 heavy (non-hydrogen) atoms. The highest BCUT2D eigenvalue weighted by molar-refractivity contribution is 5.85. The Balaban J connectivity index is 2.44. The highest BCUT2D eigenvalue weighted by Crippen LogP contribution is 2.01. The fraction of sp³-hybridized carbons (Fsp3) is 0.364. The molecule has 2 amide bonds. The van der Waals surface area contributed by atoms with Crippen LogP contribution in [-0.2, 0) is 11.3 Å². The van der Waals surface area contributed by atoms with E-state index in [-0.39, 0.29) is 0 Å². The van der Waals surface area contributed by atoms with Gasteiger partial charge in [0.25, 0.3) is 0 Å². The second kappa shape index (κ2) is 5.29. The third-order valence-electron chi connectivity index (χ3n) is 2.16. The lowest BCUT2D eigenvalue weighted by Gasteiger charge is -2.21. The molecule has 0 aliphatic carbocycles. The fourth-order valence-electron chi connectivity index (χ4n) is 1.06. The summed E-state index contributed by atoms with van der Waals surface area (Å²) in [6.45, 7) is 3.16. The van der Waals surface area contributed by atoms with E-state index in [1.165, 1.54) is 13.8 Å². The summed E-state index contributed by atoms with van der Waals surface area (Å²) in [6.07, 6.45) is 3.24. The Bertz CT molecular complexity index is 404. The maximum atomic E-state index is 11.4. The number of aliphatic carboxylic acids is 1. The molecule has 0 spiro atoms. The Morgan fingerprint density at radius 2 is 1.94 bits per heavy atom. The van der Waals surface area contributed by atoms with Crippen molar-refractivity contribution >= 4 is 12.0 Å². The molecular weight excluding hydrogens is 222 g/mol. The Labute approximate surface area is 99.1 Å². The molecular formula is C11H15N3O3. The van der Waals surface area contributed by atoms with Crippen LogP contribution in [0.5, 0.6) is 0 Å². The van der Waals surface area contributed by atoms with Crippen LogP contribution >= 0.6 is 0 Å². The number of carboxylic acid groups (broad SMARTS) is 1. The smallest absolute Gasteiger partial charge is 0.328 e. The van der Waals surface area contributed by atoms with E-state index in [2.05, 4.69) is 15.6 Å². The highest BCUT2D eigenvalue weighted by atomic mass is 16.4. The van der Waals surface area contributed by atoms with Crippen molar-refractivity contribution in [2.45, 2.75) is 25.9 Å². The van der Waals surface area contributed by atoms with Crippen LogP contribution < -0.4 is 10.6 Å². The molecule has 6 nitrogen and oxygen atoms in total. The number of carboxylic acids is 1. The number of hydrogen-bond donors (Lipinski definition) is 3. The van der Waals surface area contributed by atoms with Crippen molar-refractivity contribution in [3.8, 4) is 0 Å². The molecule has 0 bridgehead atoms. The van der Waals surface area contributed by atoms with Gasteiger partial charge >= 0.3 is 12.0 Å². The number of hydrogen-bond acceptors (Lipinski definition) is 3. The summed E-state index contributed by atoms with van der Waals surface area (Å²) in [5.41, 5.74) is -0.397. The summed E-state index contributed by atoms with van der Waals surface area (Å²) >= 11 is 0. The Morgan fingerprint density at radius 3 is 2.47 bits per heavy atom. The number of aromatic nitrogens is 1. The van der Waals surface area contributed by atoms with E-state index in [9.17, 15) is 9.59 Å². The monoisotopic (exact) mass is 237 g/mol. The molecule has 92 valence electrons. The van der Waals surface area contributed by atoms with Crippen molar-refractivity contribution < 1.29 is 14.7 Å². The van der Waals surface area contributed by atoms with Gasteiger partial charge in [0, 0.05) is 18.9 Å². The lowest BCUT2D eigenvalue weighted by Crippen LogP contribution is -2.52. The molecule has 0 aliphatic heterocycles. The first-order valence-electron chi connectivity index (χ1n) is 5.10. The Kier molecular flexibility index (Phi) is 4.03. The van der Waals surface area contributed by atoms with Gasteiger partial charge in [0.2, 0.25) is 0 Å². The normalized spacial score (nSPS) is 10.7. The lowest BCUT2D eigenvalue weighted by molar-refractivity contribution is -0.142. The lowest BCUT2D eigenvalue weighted by atomic mass is 10.1. The molecule has 0 aromatic carbocycles. The van der Waals surface area contributed by atoms with Gasteiger partial charge in [-0.05, 0) is 31.5 Å². The number of pyridine rings is 1. The van der Waals surface area contributed by atoms with Gasteiger partial charge in [-0.15, -0.1) is 0 Å². The van der Waals surface area contributed by atoms with Gasteiger partial charge in [0.1, 0.15) is 5.54 Å². The number of nitrogens with zero attached hydrogens (tertiary/aromatic N) is 1. The molecule has 1 heterocycles. The molecule has 0 saturated heterocycles. The summed E-state index contributed by atoms with van der Waals surface area (Å²) < 4.78 is 0. The van der Waals surface area contributed by atoms with E-state index >= 15 is 0 Å². The second-order valence-electron chi connectivity index (χ2n) is 4.09. The third-order valence-corrected chi connectivity index (χ3v) is 2.16. The summed E-state index contributed by atoms with van der Waals surface area (Å²) in [5, 5.41) is 13.8. The van der Waals surface area contributed by atoms with Gasteiger partial charge < -0.3 is 15.7 Å². The van der Waals surface area contributed by atoms with Crippen LogP contribution in [0.4, 0.5) is 4.79 Å². The van der Waals surface area contributed by atoms with Gasteiger partial charge in [-0.3, -0.25) is 4.98 Å². The zero-order valence-corrected chi connectivity index (χ0v) is 9.73. The van der Waals surface area contributed by atoms with Gasteiger partial charge in [0.15, 0.2) is 0 Å². The summed E-state index contributed by atoms with van der Waals surface area (Å²) in [6, 6.07) is 3.01. The molecule has 0 saturated carbocycles. The average molecular weight is 237 g/mol. The summed E-state index contributed by atoms with van der Waals surface area (Å²) in [7, 11) is 0. The van der Waals surface area contributed by atoms with Gasteiger partial charge in [0.05, 0.1) is 0 Å². The molecule has 0 fully saturated rings. The molecule has 1 aromatic heterocycles. The summed E-state index contributed by atoms with van der Waals surface area (Å²) in [5.74, 6) is -1.09. The predicted molar refractivity (Wildman–Crippen MR) is 61.3 cm³/mol. The van der Waals surface area contributed by atoms with E-state index in [0.29, 0.717) is 6.54 Å². The van der Waals surface area contributed by atoms with Crippen LogP contribution in [0.1, 0.15) is 19.4 Å². The van der Waals surface area contributed by atoms with Crippen LogP contribution in [0.3, 0.4) is 0 Å². The molecule has 0 unspecified atom stereocenters. The van der Waals surface area contributed by atoms with Crippen LogP contribution in [0.2, 0.25) is 0 Å². The van der Waals surface area contributed by atoms with Gasteiger partial charge in [-0.1, -0.05) is 0 Å². The van der Waals surface area contributed by atoms with Crippen LogP contribution in [0.15, 0.2) is 24.5 Å². The van der Waals surface area contributed by atoms with Crippen molar-refractivity contribution in [3.63, 3.8) is 0 Å². The molecule has 0 radical (unpaired) electrons. The zero-order valence-electron chi connectivity index (χ0n) is 9.73. The fourth-order valence-corrected chi connectivity index (χ4v) is 1.06. The zero-order chi connectivity index (χ0) is 12.9. The number of urea groups is 1. The van der Waals surface area contributed by atoms with E-state index in [1.54, 1.807) is 24.5 Å². The Hall–Kier alpha value is -2.11. The third kappa shape index (κ3) is 4.10. The molecule has 1 aromatic rings. The molecule has 0 aliphatic rings. The van der Waals surface area contributed by atoms with E-state index in [4.69, 9.17) is 5.11 Å². The van der Waals surface area contributed by atoms with Crippen molar-refractivity contribution in [1.29, 1.82) is 0 Å². The van der Waals surface area contributed by atoms with Crippen LogP contribution in [-0.4, -0.2) is 27.6 Å². The molecule has 3 N–H and O–H groups in total. The standard InChI is InChI=1S/C11H15N3O3/c1-11(2,9(15)16)14-10(17)13-7-8-3-5-12-6-4-8/h3-6H,7H2,1-2H3,(H,15,16)(H2,13,14,17). The van der Waals surface area contributed by atoms with E-state index in [0.717, 1.165) is 5.56 Å². The molecule has 0 atom stereocenters. The maximum absolute atomic E-state index is 11.4. The second-order valence-corrected chi connectivity index (χ2v) is 4.09. The number of amides is 2. The number of carbonyl (C=O) groups is 2. The first-order valence-corrected chi connectivity index (χ1v) is 5.10. The first-order chi connectivity index (χ1) is 7.92. The highest BCUT2D eigenvalue weighted by Gasteiger charge is 2.28. The summed E-state index contributed by atoms with van der Waals surface area (Å²) in [4.78, 5) is 26.1. The van der Waals surface area contributed by atoms with E-state index in [1.807, 2.05) is 0 Å². The maximum Gasteiger partial charge on any atom is 0.328 e. The Morgan fingerprint density at radius 1 is 1.35 bits per heavy atom. The largest absolute Gasteiger partial charge is 0.480 e. The topological polar surface area (TPSA) is 91.3 Å². The quantitative estimate of drug-likeness (QED) is 0.720. The minimum atomic E-state index is -1.29. The van der Waals surface area contributed by atoms with Crippen molar-refractivity contribution in [1.82, 2.24) is 15.6 Å². The minimum Gasteiger partial charge on any atom is -0.480 e. The van der Waals surface area contributed by atoms with Crippen LogP contribution in [0.25, 0.3) is 0 Å². The molecule has 1 rings (SSSR count). The predicted octanol–water partition coefficient (Wildman–Crippen LogP) is 0.744.